The Morgan fingerprint density at radius 2 is 1.93 bits per heavy atom. The van der Waals surface area contributed by atoms with Gasteiger partial charge < -0.3 is 5.73 Å². The molecule has 1 aromatic carbocycles. The summed E-state index contributed by atoms with van der Waals surface area (Å²) in [6, 6.07) is 3.54. The van der Waals surface area contributed by atoms with Crippen molar-refractivity contribution in [3.05, 3.63) is 35.1 Å². The lowest BCUT2D eigenvalue weighted by molar-refractivity contribution is 0.128. The summed E-state index contributed by atoms with van der Waals surface area (Å²) >= 11 is 0. The maximum Gasteiger partial charge on any atom is 0.240 e. The van der Waals surface area contributed by atoms with Crippen LogP contribution >= 0.6 is 12.4 Å². The molecule has 0 heterocycles. The van der Waals surface area contributed by atoms with Crippen LogP contribution < -0.4 is 5.73 Å². The first-order valence-electron chi connectivity index (χ1n) is 4.31. The van der Waals surface area contributed by atoms with E-state index in [0.29, 0.717) is 11.1 Å². The van der Waals surface area contributed by atoms with E-state index in [1.165, 1.54) is 19.1 Å². The maximum atomic E-state index is 13.0. The van der Waals surface area contributed by atoms with Crippen LogP contribution in [0.4, 0.5) is 13.2 Å². The Morgan fingerprint density at radius 3 is 2.47 bits per heavy atom. The zero-order chi connectivity index (χ0) is 10.7. The standard InChI is InChI=1S/C10H12F3N.ClH/c1-6-7(3-2-4-8(6)11)9(14)5-10(12)13;/h2-4,9-10H,5,14H2,1H3;1H/t9-;/m0./s1. The third-order valence-corrected chi connectivity index (χ3v) is 2.14. The lowest BCUT2D eigenvalue weighted by atomic mass is 9.99. The van der Waals surface area contributed by atoms with E-state index in [1.54, 1.807) is 6.07 Å². The minimum absolute atomic E-state index is 0. The van der Waals surface area contributed by atoms with Crippen LogP contribution in [-0.4, -0.2) is 6.43 Å². The van der Waals surface area contributed by atoms with Gasteiger partial charge >= 0.3 is 0 Å². The Labute approximate surface area is 92.9 Å². The van der Waals surface area contributed by atoms with Crippen molar-refractivity contribution in [2.24, 2.45) is 5.73 Å². The summed E-state index contributed by atoms with van der Waals surface area (Å²) in [5, 5.41) is 0. The fraction of sp³-hybridized carbons (Fsp3) is 0.400. The molecule has 0 spiro atoms. The molecular weight excluding hydrogens is 227 g/mol. The quantitative estimate of drug-likeness (QED) is 0.861. The van der Waals surface area contributed by atoms with Crippen LogP contribution in [-0.2, 0) is 0 Å². The monoisotopic (exact) mass is 239 g/mol. The lowest BCUT2D eigenvalue weighted by Crippen LogP contribution is -2.15. The Morgan fingerprint density at radius 1 is 1.33 bits per heavy atom. The minimum Gasteiger partial charge on any atom is -0.324 e. The van der Waals surface area contributed by atoms with E-state index in [-0.39, 0.29) is 12.4 Å². The lowest BCUT2D eigenvalue weighted by Gasteiger charge is -2.14. The number of alkyl halides is 2. The Bertz CT molecular complexity index is 318. The van der Waals surface area contributed by atoms with Gasteiger partial charge in [-0.25, -0.2) is 13.2 Å². The zero-order valence-corrected chi connectivity index (χ0v) is 9.03. The van der Waals surface area contributed by atoms with E-state index in [0.717, 1.165) is 0 Å². The molecule has 0 saturated heterocycles. The molecule has 15 heavy (non-hydrogen) atoms. The highest BCUT2D eigenvalue weighted by atomic mass is 35.5. The van der Waals surface area contributed by atoms with E-state index in [1.807, 2.05) is 0 Å². The topological polar surface area (TPSA) is 26.0 Å². The highest BCUT2D eigenvalue weighted by Gasteiger charge is 2.15. The first kappa shape index (κ1) is 14.3. The molecule has 2 N–H and O–H groups in total. The largest absolute Gasteiger partial charge is 0.324 e. The first-order chi connectivity index (χ1) is 6.52. The third kappa shape index (κ3) is 3.72. The van der Waals surface area contributed by atoms with Gasteiger partial charge in [0, 0.05) is 12.5 Å². The second kappa shape index (κ2) is 5.98. The number of benzene rings is 1. The predicted octanol–water partition coefficient (Wildman–Crippen LogP) is 3.21. The summed E-state index contributed by atoms with van der Waals surface area (Å²) in [7, 11) is 0. The van der Waals surface area contributed by atoms with Crippen molar-refractivity contribution in [3.63, 3.8) is 0 Å². The summed E-state index contributed by atoms with van der Waals surface area (Å²) in [6.45, 7) is 1.54. The summed E-state index contributed by atoms with van der Waals surface area (Å²) < 4.78 is 37.1. The van der Waals surface area contributed by atoms with Gasteiger partial charge in [0.2, 0.25) is 6.43 Å². The predicted molar refractivity (Wildman–Crippen MR) is 55.9 cm³/mol. The molecule has 86 valence electrons. The molecule has 1 nitrogen and oxygen atoms in total. The Kier molecular flexibility index (Phi) is 5.68. The van der Waals surface area contributed by atoms with Crippen LogP contribution in [0.25, 0.3) is 0 Å². The van der Waals surface area contributed by atoms with Crippen molar-refractivity contribution >= 4 is 12.4 Å². The molecule has 0 radical (unpaired) electrons. The van der Waals surface area contributed by atoms with E-state index in [4.69, 9.17) is 5.73 Å². The van der Waals surface area contributed by atoms with Crippen molar-refractivity contribution in [2.45, 2.75) is 25.8 Å². The van der Waals surface area contributed by atoms with E-state index in [2.05, 4.69) is 0 Å². The smallest absolute Gasteiger partial charge is 0.240 e. The fourth-order valence-corrected chi connectivity index (χ4v) is 1.34. The number of rotatable bonds is 3. The second-order valence-corrected chi connectivity index (χ2v) is 3.19. The van der Waals surface area contributed by atoms with Crippen LogP contribution in [0.5, 0.6) is 0 Å². The van der Waals surface area contributed by atoms with Gasteiger partial charge in [0.1, 0.15) is 5.82 Å². The molecule has 0 aliphatic heterocycles. The van der Waals surface area contributed by atoms with Crippen LogP contribution in [0.1, 0.15) is 23.6 Å². The minimum atomic E-state index is -2.47. The van der Waals surface area contributed by atoms with Gasteiger partial charge in [-0.1, -0.05) is 12.1 Å². The molecule has 0 aromatic heterocycles. The van der Waals surface area contributed by atoms with Crippen molar-refractivity contribution in [1.82, 2.24) is 0 Å². The molecule has 1 rings (SSSR count). The molecule has 0 aliphatic rings. The molecule has 5 heteroatoms. The highest BCUT2D eigenvalue weighted by Crippen LogP contribution is 2.22. The molecular formula is C10H13ClF3N. The van der Waals surface area contributed by atoms with Crippen molar-refractivity contribution < 1.29 is 13.2 Å². The fourth-order valence-electron chi connectivity index (χ4n) is 1.34. The summed E-state index contributed by atoms with van der Waals surface area (Å²) in [5.74, 6) is -0.410. The summed E-state index contributed by atoms with van der Waals surface area (Å²) in [6.07, 6.45) is -2.91. The molecule has 0 unspecified atom stereocenters. The van der Waals surface area contributed by atoms with Crippen LogP contribution in [0.3, 0.4) is 0 Å². The van der Waals surface area contributed by atoms with Crippen molar-refractivity contribution in [2.75, 3.05) is 0 Å². The molecule has 1 atom stereocenters. The van der Waals surface area contributed by atoms with Crippen LogP contribution in [0.15, 0.2) is 18.2 Å². The van der Waals surface area contributed by atoms with Gasteiger partial charge in [-0.3, -0.25) is 0 Å². The Hall–Kier alpha value is -0.740. The number of halogens is 4. The molecule has 1 aromatic rings. The third-order valence-electron chi connectivity index (χ3n) is 2.14. The Balaban J connectivity index is 0.00000196. The van der Waals surface area contributed by atoms with Gasteiger partial charge in [0.15, 0.2) is 0 Å². The van der Waals surface area contributed by atoms with Crippen molar-refractivity contribution in [1.29, 1.82) is 0 Å². The first-order valence-corrected chi connectivity index (χ1v) is 4.31. The van der Waals surface area contributed by atoms with Gasteiger partial charge in [-0.2, -0.15) is 0 Å². The SMILES string of the molecule is Cc1c(F)cccc1[C@@H](N)CC(F)F.Cl. The number of hydrogen-bond donors (Lipinski definition) is 1. The van der Waals surface area contributed by atoms with Crippen LogP contribution in [0.2, 0.25) is 0 Å². The molecule has 0 aliphatic carbocycles. The molecule has 0 amide bonds. The van der Waals surface area contributed by atoms with E-state index >= 15 is 0 Å². The maximum absolute atomic E-state index is 13.0. The number of hydrogen-bond acceptors (Lipinski definition) is 1. The molecule has 0 bridgehead atoms. The van der Waals surface area contributed by atoms with Gasteiger partial charge in [-0.05, 0) is 24.1 Å². The van der Waals surface area contributed by atoms with Crippen LogP contribution in [0, 0.1) is 12.7 Å². The molecule has 0 saturated carbocycles. The average molecular weight is 240 g/mol. The summed E-state index contributed by atoms with van der Waals surface area (Å²) in [4.78, 5) is 0. The average Bonchev–Trinajstić information content (AvgIpc) is 2.08. The van der Waals surface area contributed by atoms with Gasteiger partial charge in [0.25, 0.3) is 0 Å². The van der Waals surface area contributed by atoms with E-state index in [9.17, 15) is 13.2 Å². The van der Waals surface area contributed by atoms with Gasteiger partial charge in [-0.15, -0.1) is 12.4 Å². The zero-order valence-electron chi connectivity index (χ0n) is 8.21. The highest BCUT2D eigenvalue weighted by molar-refractivity contribution is 5.85. The van der Waals surface area contributed by atoms with Crippen molar-refractivity contribution in [3.8, 4) is 0 Å². The van der Waals surface area contributed by atoms with Gasteiger partial charge in [0.05, 0.1) is 0 Å². The normalized spacial score (nSPS) is 12.4. The summed E-state index contributed by atoms with van der Waals surface area (Å²) in [5.41, 5.74) is 6.32. The van der Waals surface area contributed by atoms with E-state index < -0.39 is 24.7 Å². The second-order valence-electron chi connectivity index (χ2n) is 3.19. The molecule has 0 fully saturated rings. The number of nitrogens with two attached hydrogens (primary N) is 1.